The standard InChI is InChI=1S/C11H21N/c1-3-4-5-6-10-7-8-11(10)9-12-2/h3,10-12H,1,4-9H2,2H3. The van der Waals surface area contributed by atoms with E-state index < -0.39 is 0 Å². The summed E-state index contributed by atoms with van der Waals surface area (Å²) in [6, 6.07) is 0. The zero-order valence-electron chi connectivity index (χ0n) is 8.18. The molecule has 0 aromatic rings. The molecule has 12 heavy (non-hydrogen) atoms. The minimum Gasteiger partial charge on any atom is -0.319 e. The molecule has 0 aromatic carbocycles. The van der Waals surface area contributed by atoms with Crippen molar-refractivity contribution in [3.05, 3.63) is 12.7 Å². The van der Waals surface area contributed by atoms with Gasteiger partial charge in [-0.3, -0.25) is 0 Å². The highest BCUT2D eigenvalue weighted by atomic mass is 14.8. The summed E-state index contributed by atoms with van der Waals surface area (Å²) in [6.07, 6.45) is 8.89. The van der Waals surface area contributed by atoms with Crippen molar-refractivity contribution in [2.24, 2.45) is 11.8 Å². The second-order valence-corrected chi connectivity index (χ2v) is 3.87. The Bertz CT molecular complexity index is 131. The molecule has 2 atom stereocenters. The SMILES string of the molecule is C=CCCCC1CCC1CNC. The van der Waals surface area contributed by atoms with Crippen molar-refractivity contribution in [3.8, 4) is 0 Å². The fourth-order valence-electron chi connectivity index (χ4n) is 2.07. The van der Waals surface area contributed by atoms with Gasteiger partial charge in [0.15, 0.2) is 0 Å². The molecular weight excluding hydrogens is 146 g/mol. The first kappa shape index (κ1) is 9.79. The lowest BCUT2D eigenvalue weighted by atomic mass is 9.71. The van der Waals surface area contributed by atoms with Crippen LogP contribution < -0.4 is 5.32 Å². The van der Waals surface area contributed by atoms with Crippen molar-refractivity contribution >= 4 is 0 Å². The number of unbranched alkanes of at least 4 members (excludes halogenated alkanes) is 1. The maximum absolute atomic E-state index is 3.74. The van der Waals surface area contributed by atoms with Crippen LogP contribution >= 0.6 is 0 Å². The van der Waals surface area contributed by atoms with E-state index in [1.165, 1.54) is 38.6 Å². The van der Waals surface area contributed by atoms with Gasteiger partial charge in [0, 0.05) is 0 Å². The topological polar surface area (TPSA) is 12.0 Å². The van der Waals surface area contributed by atoms with Gasteiger partial charge in [0.1, 0.15) is 0 Å². The molecule has 1 aliphatic carbocycles. The second kappa shape index (κ2) is 5.36. The van der Waals surface area contributed by atoms with Gasteiger partial charge in [-0.15, -0.1) is 6.58 Å². The monoisotopic (exact) mass is 167 g/mol. The van der Waals surface area contributed by atoms with Gasteiger partial charge in [-0.05, 0) is 57.5 Å². The third-order valence-corrected chi connectivity index (χ3v) is 3.02. The summed E-state index contributed by atoms with van der Waals surface area (Å²) < 4.78 is 0. The van der Waals surface area contributed by atoms with E-state index in [4.69, 9.17) is 0 Å². The lowest BCUT2D eigenvalue weighted by molar-refractivity contribution is 0.160. The molecule has 1 aliphatic rings. The molecule has 1 N–H and O–H groups in total. The Labute approximate surface area is 76.2 Å². The van der Waals surface area contributed by atoms with E-state index in [-0.39, 0.29) is 0 Å². The van der Waals surface area contributed by atoms with E-state index in [1.807, 2.05) is 6.08 Å². The maximum atomic E-state index is 3.74. The van der Waals surface area contributed by atoms with E-state index >= 15 is 0 Å². The van der Waals surface area contributed by atoms with Crippen LogP contribution in [0, 0.1) is 11.8 Å². The number of allylic oxidation sites excluding steroid dienone is 1. The Morgan fingerprint density at radius 1 is 1.42 bits per heavy atom. The Balaban J connectivity index is 2.04. The number of rotatable bonds is 6. The smallest absolute Gasteiger partial charge is 0.00209 e. The molecule has 0 spiro atoms. The Kier molecular flexibility index (Phi) is 4.37. The first-order valence-corrected chi connectivity index (χ1v) is 5.14. The van der Waals surface area contributed by atoms with Crippen molar-refractivity contribution in [1.29, 1.82) is 0 Å². The number of hydrogen-bond donors (Lipinski definition) is 1. The summed E-state index contributed by atoms with van der Waals surface area (Å²) in [5.74, 6) is 1.98. The molecule has 0 aromatic heterocycles. The molecule has 1 heteroatoms. The summed E-state index contributed by atoms with van der Waals surface area (Å²) in [6.45, 7) is 4.97. The second-order valence-electron chi connectivity index (χ2n) is 3.87. The van der Waals surface area contributed by atoms with Gasteiger partial charge in [0.25, 0.3) is 0 Å². The van der Waals surface area contributed by atoms with Crippen molar-refractivity contribution in [2.45, 2.75) is 32.1 Å². The quantitative estimate of drug-likeness (QED) is 0.473. The van der Waals surface area contributed by atoms with Crippen LogP contribution in [-0.4, -0.2) is 13.6 Å². The average Bonchev–Trinajstić information content (AvgIpc) is 2.06. The fourth-order valence-corrected chi connectivity index (χ4v) is 2.07. The predicted octanol–water partition coefficient (Wildman–Crippen LogP) is 2.59. The average molecular weight is 167 g/mol. The van der Waals surface area contributed by atoms with Crippen LogP contribution in [0.2, 0.25) is 0 Å². The van der Waals surface area contributed by atoms with E-state index in [9.17, 15) is 0 Å². The third-order valence-electron chi connectivity index (χ3n) is 3.02. The molecule has 0 bridgehead atoms. The summed E-state index contributed by atoms with van der Waals surface area (Å²) in [5, 5.41) is 3.27. The minimum absolute atomic E-state index is 0.972. The van der Waals surface area contributed by atoms with Crippen molar-refractivity contribution < 1.29 is 0 Å². The molecule has 1 saturated carbocycles. The van der Waals surface area contributed by atoms with Crippen LogP contribution in [-0.2, 0) is 0 Å². The van der Waals surface area contributed by atoms with Crippen molar-refractivity contribution in [1.82, 2.24) is 5.32 Å². The largest absolute Gasteiger partial charge is 0.319 e. The first-order chi connectivity index (χ1) is 5.88. The fraction of sp³-hybridized carbons (Fsp3) is 0.818. The molecule has 0 aliphatic heterocycles. The summed E-state index contributed by atoms with van der Waals surface area (Å²) >= 11 is 0. The van der Waals surface area contributed by atoms with Gasteiger partial charge >= 0.3 is 0 Å². The minimum atomic E-state index is 0.972. The Morgan fingerprint density at radius 3 is 2.67 bits per heavy atom. The van der Waals surface area contributed by atoms with Gasteiger partial charge in [0.05, 0.1) is 0 Å². The Morgan fingerprint density at radius 2 is 2.17 bits per heavy atom. The molecule has 70 valence electrons. The molecule has 0 saturated heterocycles. The number of nitrogens with one attached hydrogen (secondary N) is 1. The molecule has 0 amide bonds. The Hall–Kier alpha value is -0.300. The predicted molar refractivity (Wildman–Crippen MR) is 54.2 cm³/mol. The van der Waals surface area contributed by atoms with Gasteiger partial charge in [-0.25, -0.2) is 0 Å². The number of hydrogen-bond acceptors (Lipinski definition) is 1. The molecule has 0 radical (unpaired) electrons. The zero-order valence-corrected chi connectivity index (χ0v) is 8.18. The van der Waals surface area contributed by atoms with Crippen LogP contribution in [0.25, 0.3) is 0 Å². The van der Waals surface area contributed by atoms with E-state index in [0.717, 1.165) is 11.8 Å². The van der Waals surface area contributed by atoms with Gasteiger partial charge in [-0.1, -0.05) is 6.08 Å². The van der Waals surface area contributed by atoms with E-state index in [1.54, 1.807) is 0 Å². The van der Waals surface area contributed by atoms with Gasteiger partial charge in [0.2, 0.25) is 0 Å². The van der Waals surface area contributed by atoms with Crippen LogP contribution in [0.1, 0.15) is 32.1 Å². The van der Waals surface area contributed by atoms with Crippen LogP contribution in [0.4, 0.5) is 0 Å². The normalized spacial score (nSPS) is 28.1. The van der Waals surface area contributed by atoms with Crippen LogP contribution in [0.5, 0.6) is 0 Å². The molecule has 1 fully saturated rings. The molecule has 0 heterocycles. The molecule has 1 nitrogen and oxygen atoms in total. The lowest BCUT2D eigenvalue weighted by Gasteiger charge is -2.36. The highest BCUT2D eigenvalue weighted by Gasteiger charge is 2.28. The third kappa shape index (κ3) is 2.63. The highest BCUT2D eigenvalue weighted by Crippen LogP contribution is 2.37. The maximum Gasteiger partial charge on any atom is -0.00209 e. The van der Waals surface area contributed by atoms with Crippen molar-refractivity contribution in [2.75, 3.05) is 13.6 Å². The first-order valence-electron chi connectivity index (χ1n) is 5.14. The molecule has 1 rings (SSSR count). The van der Waals surface area contributed by atoms with Gasteiger partial charge in [-0.2, -0.15) is 0 Å². The summed E-state index contributed by atoms with van der Waals surface area (Å²) in [4.78, 5) is 0. The molecule has 2 unspecified atom stereocenters. The van der Waals surface area contributed by atoms with Crippen LogP contribution in [0.3, 0.4) is 0 Å². The highest BCUT2D eigenvalue weighted by molar-refractivity contribution is 4.82. The summed E-state index contributed by atoms with van der Waals surface area (Å²) in [7, 11) is 2.05. The lowest BCUT2D eigenvalue weighted by Crippen LogP contribution is -2.33. The van der Waals surface area contributed by atoms with E-state index in [2.05, 4.69) is 18.9 Å². The van der Waals surface area contributed by atoms with Gasteiger partial charge < -0.3 is 5.32 Å². The molecular formula is C11H21N. The van der Waals surface area contributed by atoms with Crippen molar-refractivity contribution in [3.63, 3.8) is 0 Å². The van der Waals surface area contributed by atoms with E-state index in [0.29, 0.717) is 0 Å². The summed E-state index contributed by atoms with van der Waals surface area (Å²) in [5.41, 5.74) is 0. The van der Waals surface area contributed by atoms with Crippen LogP contribution in [0.15, 0.2) is 12.7 Å². The zero-order chi connectivity index (χ0) is 8.81.